The van der Waals surface area contributed by atoms with E-state index in [9.17, 15) is 9.59 Å². The quantitative estimate of drug-likeness (QED) is 0.620. The van der Waals surface area contributed by atoms with Crippen LogP contribution in [0.25, 0.3) is 0 Å². The van der Waals surface area contributed by atoms with Crippen LogP contribution in [0, 0.1) is 0 Å². The minimum absolute atomic E-state index is 0.0351. The molecule has 0 rings (SSSR count). The molecule has 0 aromatic rings. The van der Waals surface area contributed by atoms with E-state index in [2.05, 4.69) is 0 Å². The highest BCUT2D eigenvalue weighted by Gasteiger charge is 2.15. The highest BCUT2D eigenvalue weighted by Crippen LogP contribution is 1.91. The van der Waals surface area contributed by atoms with E-state index in [1.165, 1.54) is 4.90 Å². The summed E-state index contributed by atoms with van der Waals surface area (Å²) < 4.78 is 0. The Labute approximate surface area is 91.6 Å². The Morgan fingerprint density at radius 3 is 1.73 bits per heavy atom. The van der Waals surface area contributed by atoms with Crippen molar-refractivity contribution >= 4 is 11.8 Å². The number of carbonyl (C=O) groups excluding carboxylic acids is 2. The number of likely N-dealkylation sites (N-methyl/N-ethyl adjacent to an activating group) is 3. The second-order valence-electron chi connectivity index (χ2n) is 3.90. The van der Waals surface area contributed by atoms with Crippen LogP contribution in [-0.2, 0) is 9.59 Å². The molecule has 0 bridgehead atoms. The van der Waals surface area contributed by atoms with E-state index in [-0.39, 0.29) is 18.4 Å². The summed E-state index contributed by atoms with van der Waals surface area (Å²) in [6, 6.07) is 0. The van der Waals surface area contributed by atoms with Crippen molar-refractivity contribution in [3.63, 3.8) is 0 Å². The second-order valence-corrected chi connectivity index (χ2v) is 3.90. The number of carbonyl (C=O) groups is 2. The number of hydrogen-bond donors (Lipinski definition) is 0. The van der Waals surface area contributed by atoms with E-state index in [4.69, 9.17) is 0 Å². The molecule has 0 aromatic heterocycles. The lowest BCUT2D eigenvalue weighted by atomic mass is 10.4. The molecule has 0 aliphatic carbocycles. The lowest BCUT2D eigenvalue weighted by molar-refractivity contribution is -0.138. The lowest BCUT2D eigenvalue weighted by Gasteiger charge is -2.22. The molecule has 0 atom stereocenters. The molecule has 0 unspecified atom stereocenters. The first-order valence-corrected chi connectivity index (χ1v) is 5.01. The van der Waals surface area contributed by atoms with Gasteiger partial charge in [-0.3, -0.25) is 9.59 Å². The molecule has 0 N–H and O–H groups in total. The number of rotatable bonds is 5. The van der Waals surface area contributed by atoms with E-state index >= 15 is 0 Å². The van der Waals surface area contributed by atoms with Gasteiger partial charge in [0.1, 0.15) is 0 Å². The van der Waals surface area contributed by atoms with Crippen molar-refractivity contribution in [2.75, 3.05) is 47.8 Å². The highest BCUT2D eigenvalue weighted by atomic mass is 16.2. The zero-order valence-corrected chi connectivity index (χ0v) is 10.3. The van der Waals surface area contributed by atoms with Crippen LogP contribution < -0.4 is 0 Å². The van der Waals surface area contributed by atoms with E-state index in [0.717, 1.165) is 0 Å². The van der Waals surface area contributed by atoms with Crippen LogP contribution in [0.2, 0.25) is 0 Å². The van der Waals surface area contributed by atoms with Gasteiger partial charge in [0.15, 0.2) is 0 Å². The minimum Gasteiger partial charge on any atom is -0.345 e. The molecule has 5 heteroatoms. The summed E-state index contributed by atoms with van der Waals surface area (Å²) in [5.74, 6) is -0.0787. The smallest absolute Gasteiger partial charge is 0.241 e. The molecule has 15 heavy (non-hydrogen) atoms. The maximum atomic E-state index is 11.5. The van der Waals surface area contributed by atoms with Crippen LogP contribution in [0.3, 0.4) is 0 Å². The average molecular weight is 215 g/mol. The van der Waals surface area contributed by atoms with Crippen LogP contribution >= 0.6 is 0 Å². The van der Waals surface area contributed by atoms with Crippen LogP contribution in [0.5, 0.6) is 0 Å². The van der Waals surface area contributed by atoms with Gasteiger partial charge in [0, 0.05) is 20.6 Å². The zero-order chi connectivity index (χ0) is 12.0. The van der Waals surface area contributed by atoms with Crippen LogP contribution in [0.15, 0.2) is 0 Å². The van der Waals surface area contributed by atoms with E-state index in [0.29, 0.717) is 13.1 Å². The van der Waals surface area contributed by atoms with E-state index in [1.807, 2.05) is 21.0 Å². The molecule has 0 saturated carbocycles. The van der Waals surface area contributed by atoms with Gasteiger partial charge < -0.3 is 14.7 Å². The highest BCUT2D eigenvalue weighted by molar-refractivity contribution is 5.85. The van der Waals surface area contributed by atoms with Gasteiger partial charge in [-0.2, -0.15) is 0 Å². The Morgan fingerprint density at radius 2 is 1.33 bits per heavy atom. The first kappa shape index (κ1) is 13.9. The van der Waals surface area contributed by atoms with Gasteiger partial charge in [-0.1, -0.05) is 0 Å². The lowest BCUT2D eigenvalue weighted by Crippen LogP contribution is -2.42. The van der Waals surface area contributed by atoms with Crippen molar-refractivity contribution in [2.24, 2.45) is 0 Å². The average Bonchev–Trinajstić information content (AvgIpc) is 2.15. The SMILES string of the molecule is CCN(C)C(=O)CN(C)C(=O)CN(C)C. The zero-order valence-electron chi connectivity index (χ0n) is 10.3. The second kappa shape index (κ2) is 6.40. The standard InChI is InChI=1S/C10H21N3O2/c1-6-12(4)10(15)8-13(5)9(14)7-11(2)3/h6-8H2,1-5H3. The molecule has 0 aliphatic rings. The van der Waals surface area contributed by atoms with Crippen molar-refractivity contribution in [3.8, 4) is 0 Å². The normalized spacial score (nSPS) is 10.3. The maximum absolute atomic E-state index is 11.5. The van der Waals surface area contributed by atoms with Crippen molar-refractivity contribution < 1.29 is 9.59 Å². The summed E-state index contributed by atoms with van der Waals surface area (Å²) in [6.07, 6.45) is 0. The molecule has 0 radical (unpaired) electrons. The molecule has 0 heterocycles. The maximum Gasteiger partial charge on any atom is 0.241 e. The van der Waals surface area contributed by atoms with Gasteiger partial charge >= 0.3 is 0 Å². The summed E-state index contributed by atoms with van der Waals surface area (Å²) in [6.45, 7) is 3.05. The third-order valence-electron chi connectivity index (χ3n) is 2.15. The molecular weight excluding hydrogens is 194 g/mol. The Morgan fingerprint density at radius 1 is 0.867 bits per heavy atom. The van der Waals surface area contributed by atoms with Gasteiger partial charge in [-0.05, 0) is 21.0 Å². The van der Waals surface area contributed by atoms with E-state index in [1.54, 1.807) is 23.9 Å². The Balaban J connectivity index is 4.07. The molecule has 2 amide bonds. The largest absolute Gasteiger partial charge is 0.345 e. The summed E-state index contributed by atoms with van der Waals surface area (Å²) in [5.41, 5.74) is 0. The van der Waals surface area contributed by atoms with Gasteiger partial charge in [0.2, 0.25) is 11.8 Å². The topological polar surface area (TPSA) is 43.9 Å². The van der Waals surface area contributed by atoms with Crippen LogP contribution in [0.1, 0.15) is 6.92 Å². The summed E-state index contributed by atoms with van der Waals surface area (Å²) in [5, 5.41) is 0. The van der Waals surface area contributed by atoms with E-state index < -0.39 is 0 Å². The third-order valence-corrected chi connectivity index (χ3v) is 2.15. The Bertz CT molecular complexity index is 229. The van der Waals surface area contributed by atoms with Crippen LogP contribution in [-0.4, -0.2) is 74.3 Å². The fourth-order valence-corrected chi connectivity index (χ4v) is 0.979. The third kappa shape index (κ3) is 5.37. The number of hydrogen-bond acceptors (Lipinski definition) is 3. The van der Waals surface area contributed by atoms with Gasteiger partial charge in [0.05, 0.1) is 13.1 Å². The molecule has 0 aliphatic heterocycles. The number of amides is 2. The van der Waals surface area contributed by atoms with Crippen LogP contribution in [0.4, 0.5) is 0 Å². The Hall–Kier alpha value is -1.10. The monoisotopic (exact) mass is 215 g/mol. The predicted octanol–water partition coefficient (Wildman–Crippen LogP) is -0.515. The predicted molar refractivity (Wildman–Crippen MR) is 59.5 cm³/mol. The molecule has 0 spiro atoms. The number of nitrogens with zero attached hydrogens (tertiary/aromatic N) is 3. The summed E-state index contributed by atoms with van der Waals surface area (Å²) in [7, 11) is 7.03. The van der Waals surface area contributed by atoms with Gasteiger partial charge in [0.25, 0.3) is 0 Å². The molecule has 0 saturated heterocycles. The first-order valence-electron chi connectivity index (χ1n) is 5.01. The first-order chi connectivity index (χ1) is 6.88. The van der Waals surface area contributed by atoms with Crippen molar-refractivity contribution in [3.05, 3.63) is 0 Å². The fourth-order valence-electron chi connectivity index (χ4n) is 0.979. The van der Waals surface area contributed by atoms with Crippen molar-refractivity contribution in [1.82, 2.24) is 14.7 Å². The van der Waals surface area contributed by atoms with Gasteiger partial charge in [-0.15, -0.1) is 0 Å². The van der Waals surface area contributed by atoms with Gasteiger partial charge in [-0.25, -0.2) is 0 Å². The van der Waals surface area contributed by atoms with Crippen molar-refractivity contribution in [1.29, 1.82) is 0 Å². The summed E-state index contributed by atoms with van der Waals surface area (Å²) >= 11 is 0. The molecule has 0 fully saturated rings. The molecule has 5 nitrogen and oxygen atoms in total. The molecule has 88 valence electrons. The van der Waals surface area contributed by atoms with Crippen molar-refractivity contribution in [2.45, 2.75) is 6.92 Å². The molecule has 0 aromatic carbocycles. The fraction of sp³-hybridized carbons (Fsp3) is 0.800. The molecular formula is C10H21N3O2. The summed E-state index contributed by atoms with van der Waals surface area (Å²) in [4.78, 5) is 27.8. The Kier molecular flexibility index (Phi) is 5.93. The minimum atomic E-state index is -0.0437.